The molecule has 3 atom stereocenters. The number of fused-ring (bicyclic) bond motifs is 6. The molecule has 166 valence electrons. The zero-order chi connectivity index (χ0) is 21.8. The zero-order valence-corrected chi connectivity index (χ0v) is 17.4. The molecule has 2 fully saturated rings. The number of carbonyl (C=O) groups is 1. The van der Waals surface area contributed by atoms with Gasteiger partial charge in [-0.3, -0.25) is 9.63 Å². The number of likely N-dealkylation sites (tertiary alicyclic amines) is 1. The molecule has 3 aliphatic rings. The highest BCUT2D eigenvalue weighted by atomic mass is 19.1. The van der Waals surface area contributed by atoms with Crippen LogP contribution in [0.25, 0.3) is 5.65 Å². The van der Waals surface area contributed by atoms with Gasteiger partial charge >= 0.3 is 0 Å². The lowest BCUT2D eigenvalue weighted by molar-refractivity contribution is 0.0578. The maximum atomic E-state index is 14.3. The molecule has 10 nitrogen and oxygen atoms in total. The summed E-state index contributed by atoms with van der Waals surface area (Å²) in [4.78, 5) is 30.1. The van der Waals surface area contributed by atoms with Crippen molar-refractivity contribution in [1.29, 1.82) is 0 Å². The van der Waals surface area contributed by atoms with Gasteiger partial charge in [-0.25, -0.2) is 23.9 Å². The molecular weight excluding hydrogens is 417 g/mol. The number of hydroxylamine groups is 1. The van der Waals surface area contributed by atoms with E-state index in [2.05, 4.69) is 25.3 Å². The fourth-order valence-electron chi connectivity index (χ4n) is 4.64. The lowest BCUT2D eigenvalue weighted by Gasteiger charge is -2.37. The van der Waals surface area contributed by atoms with Crippen LogP contribution in [-0.2, 0) is 4.84 Å². The number of piperidine rings is 1. The minimum Gasteiger partial charge on any atom is -0.471 e. The largest absolute Gasteiger partial charge is 0.471 e. The Hall–Kier alpha value is -3.31. The lowest BCUT2D eigenvalue weighted by atomic mass is 10.0. The van der Waals surface area contributed by atoms with Crippen LogP contribution in [0.15, 0.2) is 30.7 Å². The molecular formula is C21H22FN7O3. The van der Waals surface area contributed by atoms with Gasteiger partial charge in [-0.15, -0.1) is 0 Å². The van der Waals surface area contributed by atoms with Crippen LogP contribution in [-0.4, -0.2) is 69.3 Å². The van der Waals surface area contributed by atoms with E-state index in [9.17, 15) is 9.18 Å². The first-order valence-electron chi connectivity index (χ1n) is 10.6. The fraction of sp³-hybridized carbons (Fsp3) is 0.429. The Bertz CT molecular complexity index is 1200. The van der Waals surface area contributed by atoms with Gasteiger partial charge in [0.2, 0.25) is 5.88 Å². The van der Waals surface area contributed by atoms with E-state index in [4.69, 9.17) is 9.57 Å². The number of ether oxygens (including phenoxy) is 1. The zero-order valence-electron chi connectivity index (χ0n) is 17.4. The van der Waals surface area contributed by atoms with E-state index < -0.39 is 5.82 Å². The Kier molecular flexibility index (Phi) is 4.47. The predicted octanol–water partition coefficient (Wildman–Crippen LogP) is 1.34. The van der Waals surface area contributed by atoms with Crippen LogP contribution in [0.1, 0.15) is 34.8 Å². The van der Waals surface area contributed by atoms with E-state index in [1.807, 2.05) is 7.05 Å². The highest BCUT2D eigenvalue weighted by Crippen LogP contribution is 2.38. The number of pyridine rings is 1. The molecule has 2 saturated heterocycles. The van der Waals surface area contributed by atoms with Crippen molar-refractivity contribution in [3.8, 4) is 5.88 Å². The molecule has 2 unspecified atom stereocenters. The molecule has 2 bridgehead atoms. The van der Waals surface area contributed by atoms with E-state index in [-0.39, 0.29) is 24.1 Å². The second kappa shape index (κ2) is 7.38. The number of rotatable bonds is 0. The topological polar surface area (TPSA) is 97.1 Å². The number of amides is 1. The van der Waals surface area contributed by atoms with Crippen molar-refractivity contribution >= 4 is 17.4 Å². The smallest absolute Gasteiger partial charge is 0.257 e. The van der Waals surface area contributed by atoms with Gasteiger partial charge < -0.3 is 15.0 Å². The first-order valence-corrected chi connectivity index (χ1v) is 10.6. The van der Waals surface area contributed by atoms with Crippen molar-refractivity contribution in [1.82, 2.24) is 29.8 Å². The van der Waals surface area contributed by atoms with Crippen molar-refractivity contribution < 1.29 is 18.8 Å². The molecule has 6 rings (SSSR count). The van der Waals surface area contributed by atoms with E-state index in [1.54, 1.807) is 21.8 Å². The average Bonchev–Trinajstić information content (AvgIpc) is 3.43. The Morgan fingerprint density at radius 1 is 1.28 bits per heavy atom. The summed E-state index contributed by atoms with van der Waals surface area (Å²) in [6, 6.07) is 2.62. The van der Waals surface area contributed by atoms with E-state index in [0.29, 0.717) is 54.5 Å². The molecule has 11 heteroatoms. The molecule has 3 aromatic rings. The third-order valence-corrected chi connectivity index (χ3v) is 6.28. The van der Waals surface area contributed by atoms with Gasteiger partial charge in [0.1, 0.15) is 17.5 Å². The van der Waals surface area contributed by atoms with E-state index in [1.165, 1.54) is 12.3 Å². The van der Waals surface area contributed by atoms with Crippen LogP contribution in [0.2, 0.25) is 0 Å². The highest BCUT2D eigenvalue weighted by Gasteiger charge is 2.37. The first-order chi connectivity index (χ1) is 15.6. The van der Waals surface area contributed by atoms with Gasteiger partial charge in [-0.2, -0.15) is 5.10 Å². The Morgan fingerprint density at radius 3 is 3.09 bits per heavy atom. The maximum Gasteiger partial charge on any atom is 0.257 e. The van der Waals surface area contributed by atoms with Crippen molar-refractivity contribution in [3.05, 3.63) is 47.7 Å². The van der Waals surface area contributed by atoms with Gasteiger partial charge in [0, 0.05) is 37.3 Å². The summed E-state index contributed by atoms with van der Waals surface area (Å²) in [6.07, 6.45) is 5.37. The van der Waals surface area contributed by atoms with Gasteiger partial charge in [0.05, 0.1) is 31.1 Å². The molecule has 3 aliphatic heterocycles. The Balaban J connectivity index is 1.53. The van der Waals surface area contributed by atoms with Crippen LogP contribution in [0.5, 0.6) is 5.88 Å². The van der Waals surface area contributed by atoms with Crippen molar-refractivity contribution in [3.63, 3.8) is 0 Å². The summed E-state index contributed by atoms with van der Waals surface area (Å²) in [6.45, 7) is 1.86. The van der Waals surface area contributed by atoms with Crippen LogP contribution >= 0.6 is 0 Å². The predicted molar refractivity (Wildman–Crippen MR) is 111 cm³/mol. The van der Waals surface area contributed by atoms with Gasteiger partial charge in [0.15, 0.2) is 11.5 Å². The number of nitrogens with zero attached hydrogens (tertiary/aromatic N) is 6. The lowest BCUT2D eigenvalue weighted by Crippen LogP contribution is -2.55. The summed E-state index contributed by atoms with van der Waals surface area (Å²) in [5.74, 6) is 0.129. The van der Waals surface area contributed by atoms with Gasteiger partial charge in [-0.05, 0) is 19.5 Å². The van der Waals surface area contributed by atoms with Gasteiger partial charge in [-0.1, -0.05) is 0 Å². The van der Waals surface area contributed by atoms with Crippen molar-refractivity contribution in [2.75, 3.05) is 31.8 Å². The summed E-state index contributed by atoms with van der Waals surface area (Å²) in [5, 5.41) is 9.00. The van der Waals surface area contributed by atoms with Gasteiger partial charge in [0.25, 0.3) is 5.91 Å². The maximum absolute atomic E-state index is 14.3. The van der Waals surface area contributed by atoms with Crippen LogP contribution < -0.4 is 15.1 Å². The number of hydrogen-bond acceptors (Lipinski definition) is 8. The molecule has 0 radical (unpaired) electrons. The second-order valence-corrected chi connectivity index (χ2v) is 8.41. The highest BCUT2D eigenvalue weighted by molar-refractivity contribution is 6.00. The summed E-state index contributed by atoms with van der Waals surface area (Å²) in [7, 11) is 2.00. The van der Waals surface area contributed by atoms with E-state index in [0.717, 1.165) is 12.7 Å². The first kappa shape index (κ1) is 19.4. The molecule has 1 amide bonds. The minimum atomic E-state index is -0.449. The summed E-state index contributed by atoms with van der Waals surface area (Å²) in [5.41, 5.74) is 1.40. The quantitative estimate of drug-likeness (QED) is 0.561. The molecule has 0 spiro atoms. The van der Waals surface area contributed by atoms with Crippen molar-refractivity contribution in [2.24, 2.45) is 0 Å². The van der Waals surface area contributed by atoms with Crippen molar-refractivity contribution in [2.45, 2.75) is 31.0 Å². The summed E-state index contributed by atoms with van der Waals surface area (Å²) >= 11 is 0. The molecule has 1 N–H and O–H groups in total. The number of halogens is 1. The molecule has 32 heavy (non-hydrogen) atoms. The Labute approximate surface area is 182 Å². The molecule has 0 saturated carbocycles. The fourth-order valence-corrected chi connectivity index (χ4v) is 4.64. The number of carbonyl (C=O) groups excluding carboxylic acids is 1. The van der Waals surface area contributed by atoms with Crippen LogP contribution in [0.4, 0.5) is 10.2 Å². The molecule has 0 aliphatic carbocycles. The van der Waals surface area contributed by atoms with Crippen LogP contribution in [0.3, 0.4) is 0 Å². The van der Waals surface area contributed by atoms with E-state index >= 15 is 0 Å². The molecule has 3 aromatic heterocycles. The third kappa shape index (κ3) is 3.16. The molecule has 0 aromatic carbocycles. The number of anilines is 1. The second-order valence-electron chi connectivity index (χ2n) is 8.41. The number of hydrogen-bond donors (Lipinski definition) is 1. The number of likely N-dealkylation sites (N-methyl/N-ethyl adjacent to an activating group) is 1. The molecule has 6 heterocycles. The normalized spacial score (nSPS) is 25.8. The van der Waals surface area contributed by atoms with Crippen LogP contribution in [0, 0.1) is 5.82 Å². The summed E-state index contributed by atoms with van der Waals surface area (Å²) < 4.78 is 22.2. The monoisotopic (exact) mass is 439 g/mol. The average molecular weight is 439 g/mol. The minimum absolute atomic E-state index is 0.242. The number of nitrogens with one attached hydrogen (secondary N) is 1. The Morgan fingerprint density at radius 2 is 2.19 bits per heavy atom. The third-order valence-electron chi connectivity index (χ3n) is 6.28. The number of aromatic nitrogens is 4. The SMILES string of the molecule is CN1CCC2NC(=O)c3cnn4ccc(nc34)N3OCC[C@@H]3c3cc(F)cnc3OC2C1. The standard InChI is InChI=1S/C21H22FN7O3/c1-27-5-2-15-17(11-27)32-21-13(8-12(22)9-23-21)16-4-7-31-29(16)18-3-6-28-19(26-18)14(10-24-28)20(30)25-15/h3,6,8-10,15-17H,2,4-5,7,11H2,1H3,(H,25,30)/t15?,16-,17?/m1/s1.